The molecule has 84 valence electrons. The van der Waals surface area contributed by atoms with Crippen LogP contribution in [0.5, 0.6) is 5.75 Å². The van der Waals surface area contributed by atoms with Gasteiger partial charge in [-0.1, -0.05) is 22.9 Å². The van der Waals surface area contributed by atoms with Crippen LogP contribution in [0.25, 0.3) is 0 Å². The van der Waals surface area contributed by atoms with Gasteiger partial charge < -0.3 is 4.74 Å². The third-order valence-corrected chi connectivity index (χ3v) is 3.66. The van der Waals surface area contributed by atoms with Crippen LogP contribution in [0.3, 0.4) is 0 Å². The van der Waals surface area contributed by atoms with Gasteiger partial charge in [-0.25, -0.2) is 0 Å². The second kappa shape index (κ2) is 5.50. The van der Waals surface area contributed by atoms with E-state index in [1.165, 1.54) is 5.56 Å². The van der Waals surface area contributed by atoms with E-state index in [0.717, 1.165) is 28.8 Å². The first-order valence-electron chi connectivity index (χ1n) is 5.15. The van der Waals surface area contributed by atoms with Crippen LogP contribution in [0.1, 0.15) is 23.7 Å². The molecule has 1 heterocycles. The van der Waals surface area contributed by atoms with Gasteiger partial charge in [0.15, 0.2) is 0 Å². The van der Waals surface area contributed by atoms with Crippen molar-refractivity contribution >= 4 is 15.9 Å². The topological polar surface area (TPSA) is 22.1 Å². The van der Waals surface area contributed by atoms with Crippen molar-refractivity contribution in [3.8, 4) is 5.75 Å². The van der Waals surface area contributed by atoms with Gasteiger partial charge in [-0.2, -0.15) is 0 Å². The predicted molar refractivity (Wildman–Crippen MR) is 66.9 cm³/mol. The molecule has 0 aromatic carbocycles. The van der Waals surface area contributed by atoms with Crippen LogP contribution in [0.4, 0.5) is 0 Å². The highest BCUT2D eigenvalue weighted by Gasteiger charge is 2.11. The largest absolute Gasteiger partial charge is 0.496 e. The number of hydrogen-bond acceptors (Lipinski definition) is 2. The number of aromatic nitrogens is 1. The number of ether oxygens (including phenoxy) is 1. The molecule has 1 atom stereocenters. The zero-order valence-corrected chi connectivity index (χ0v) is 11.4. The number of halogens is 1. The molecule has 0 bridgehead atoms. The third-order valence-electron chi connectivity index (χ3n) is 2.56. The highest BCUT2D eigenvalue weighted by atomic mass is 79.9. The molecule has 0 radical (unpaired) electrons. The minimum atomic E-state index is 0.601. The Kier molecular flexibility index (Phi) is 4.58. The Balaban J connectivity index is 2.99. The van der Waals surface area contributed by atoms with E-state index in [-0.39, 0.29) is 0 Å². The van der Waals surface area contributed by atoms with E-state index in [4.69, 9.17) is 4.74 Å². The first-order chi connectivity index (χ1) is 7.10. The van der Waals surface area contributed by atoms with Gasteiger partial charge in [0, 0.05) is 28.3 Å². The van der Waals surface area contributed by atoms with Crippen LogP contribution in [-0.4, -0.2) is 17.4 Å². The number of rotatable bonds is 4. The van der Waals surface area contributed by atoms with Crippen molar-refractivity contribution in [2.24, 2.45) is 5.92 Å². The van der Waals surface area contributed by atoms with Crippen molar-refractivity contribution in [3.05, 3.63) is 23.0 Å². The van der Waals surface area contributed by atoms with E-state index in [0.29, 0.717) is 5.92 Å². The molecule has 0 aliphatic rings. The maximum absolute atomic E-state index is 5.38. The summed E-state index contributed by atoms with van der Waals surface area (Å²) in [4.78, 5) is 4.47. The molecule has 0 aliphatic carbocycles. The van der Waals surface area contributed by atoms with Crippen molar-refractivity contribution in [3.63, 3.8) is 0 Å². The van der Waals surface area contributed by atoms with Gasteiger partial charge in [0.25, 0.3) is 0 Å². The number of pyridine rings is 1. The molecule has 0 N–H and O–H groups in total. The van der Waals surface area contributed by atoms with Crippen molar-refractivity contribution in [2.45, 2.75) is 27.2 Å². The van der Waals surface area contributed by atoms with E-state index in [1.54, 1.807) is 7.11 Å². The molecule has 15 heavy (non-hydrogen) atoms. The van der Waals surface area contributed by atoms with Crippen molar-refractivity contribution in [1.82, 2.24) is 4.98 Å². The van der Waals surface area contributed by atoms with Crippen molar-refractivity contribution in [1.29, 1.82) is 0 Å². The quantitative estimate of drug-likeness (QED) is 0.785. The Hall–Kier alpha value is -0.570. The SMILES string of the molecule is COc1c(C)cnc(CC(C)CBr)c1C. The van der Waals surface area contributed by atoms with Crippen LogP contribution in [-0.2, 0) is 6.42 Å². The van der Waals surface area contributed by atoms with Gasteiger partial charge in [-0.05, 0) is 26.2 Å². The molecular formula is C12H18BrNO. The zero-order chi connectivity index (χ0) is 11.4. The van der Waals surface area contributed by atoms with Crippen molar-refractivity contribution < 1.29 is 4.74 Å². The Morgan fingerprint density at radius 2 is 2.13 bits per heavy atom. The highest BCUT2D eigenvalue weighted by molar-refractivity contribution is 9.09. The maximum Gasteiger partial charge on any atom is 0.128 e. The molecular weight excluding hydrogens is 254 g/mol. The second-order valence-corrected chi connectivity index (χ2v) is 4.66. The minimum absolute atomic E-state index is 0.601. The summed E-state index contributed by atoms with van der Waals surface area (Å²) in [5.41, 5.74) is 3.42. The van der Waals surface area contributed by atoms with Gasteiger partial charge in [0.2, 0.25) is 0 Å². The second-order valence-electron chi connectivity index (χ2n) is 4.01. The van der Waals surface area contributed by atoms with E-state index in [1.807, 2.05) is 13.1 Å². The summed E-state index contributed by atoms with van der Waals surface area (Å²) in [6.07, 6.45) is 2.88. The smallest absolute Gasteiger partial charge is 0.128 e. The lowest BCUT2D eigenvalue weighted by molar-refractivity contribution is 0.406. The van der Waals surface area contributed by atoms with E-state index >= 15 is 0 Å². The minimum Gasteiger partial charge on any atom is -0.496 e. The highest BCUT2D eigenvalue weighted by Crippen LogP contribution is 2.25. The summed E-state index contributed by atoms with van der Waals surface area (Å²) in [5.74, 6) is 1.57. The summed E-state index contributed by atoms with van der Waals surface area (Å²) in [5, 5.41) is 1.00. The normalized spacial score (nSPS) is 12.6. The van der Waals surface area contributed by atoms with Gasteiger partial charge in [-0.3, -0.25) is 4.98 Å². The van der Waals surface area contributed by atoms with Gasteiger partial charge in [-0.15, -0.1) is 0 Å². The lowest BCUT2D eigenvalue weighted by Crippen LogP contribution is -2.06. The molecule has 2 nitrogen and oxygen atoms in total. The average molecular weight is 272 g/mol. The van der Waals surface area contributed by atoms with Gasteiger partial charge >= 0.3 is 0 Å². The predicted octanol–water partition coefficient (Wildman–Crippen LogP) is 3.28. The molecule has 1 rings (SSSR count). The molecule has 1 unspecified atom stereocenters. The Morgan fingerprint density at radius 1 is 1.47 bits per heavy atom. The van der Waals surface area contributed by atoms with E-state index < -0.39 is 0 Å². The Morgan fingerprint density at radius 3 is 2.67 bits per heavy atom. The standard InChI is InChI=1S/C12H18BrNO/c1-8(6-13)5-11-10(3)12(15-4)9(2)7-14-11/h7-8H,5-6H2,1-4H3. The molecule has 1 aromatic rings. The number of aryl methyl sites for hydroxylation is 1. The molecule has 0 spiro atoms. The average Bonchev–Trinajstić information content (AvgIpc) is 2.23. The molecule has 1 aromatic heterocycles. The molecule has 0 fully saturated rings. The Bertz CT molecular complexity index is 339. The van der Waals surface area contributed by atoms with Gasteiger partial charge in [0.05, 0.1) is 7.11 Å². The fourth-order valence-corrected chi connectivity index (χ4v) is 1.89. The zero-order valence-electron chi connectivity index (χ0n) is 9.80. The molecule has 0 saturated heterocycles. The lowest BCUT2D eigenvalue weighted by Gasteiger charge is -2.14. The van der Waals surface area contributed by atoms with E-state index in [2.05, 4.69) is 34.8 Å². The number of methoxy groups -OCH3 is 1. The summed E-state index contributed by atoms with van der Waals surface area (Å²) in [7, 11) is 1.72. The Labute approximate surface area is 100 Å². The van der Waals surface area contributed by atoms with Crippen LogP contribution in [0.2, 0.25) is 0 Å². The lowest BCUT2D eigenvalue weighted by atomic mass is 10.0. The summed E-state index contributed by atoms with van der Waals surface area (Å²) < 4.78 is 5.38. The molecule has 0 amide bonds. The molecule has 0 saturated carbocycles. The fraction of sp³-hybridized carbons (Fsp3) is 0.583. The maximum atomic E-state index is 5.38. The summed E-state index contributed by atoms with van der Waals surface area (Å²) in [6.45, 7) is 6.31. The van der Waals surface area contributed by atoms with Crippen LogP contribution in [0, 0.1) is 19.8 Å². The summed E-state index contributed by atoms with van der Waals surface area (Å²) >= 11 is 3.49. The van der Waals surface area contributed by atoms with Crippen LogP contribution >= 0.6 is 15.9 Å². The van der Waals surface area contributed by atoms with Crippen LogP contribution in [0.15, 0.2) is 6.20 Å². The van der Waals surface area contributed by atoms with Crippen molar-refractivity contribution in [2.75, 3.05) is 12.4 Å². The van der Waals surface area contributed by atoms with Crippen LogP contribution < -0.4 is 4.74 Å². The third kappa shape index (κ3) is 2.94. The number of alkyl halides is 1. The molecule has 3 heteroatoms. The monoisotopic (exact) mass is 271 g/mol. The number of hydrogen-bond donors (Lipinski definition) is 0. The summed E-state index contributed by atoms with van der Waals surface area (Å²) in [6, 6.07) is 0. The first kappa shape index (κ1) is 12.5. The molecule has 0 aliphatic heterocycles. The van der Waals surface area contributed by atoms with Gasteiger partial charge in [0.1, 0.15) is 5.75 Å². The van der Waals surface area contributed by atoms with E-state index in [9.17, 15) is 0 Å². The number of nitrogens with zero attached hydrogens (tertiary/aromatic N) is 1. The fourth-order valence-electron chi connectivity index (χ4n) is 1.66. The first-order valence-corrected chi connectivity index (χ1v) is 6.27.